The van der Waals surface area contributed by atoms with Gasteiger partial charge in [-0.05, 0) is 32.0 Å². The number of hydrogen-bond acceptors (Lipinski definition) is 5. The number of hydrogen-bond donors (Lipinski definition) is 2. The average molecular weight is 350 g/mol. The molecule has 0 unspecified atom stereocenters. The molecule has 0 radical (unpaired) electrons. The van der Waals surface area contributed by atoms with Gasteiger partial charge in [0.15, 0.2) is 5.65 Å². The molecule has 3 heterocycles. The maximum absolute atomic E-state index is 12.8. The van der Waals surface area contributed by atoms with Gasteiger partial charge in [-0.2, -0.15) is 10.2 Å². The van der Waals surface area contributed by atoms with Crippen LogP contribution in [0.4, 0.5) is 5.69 Å². The molecule has 0 spiro atoms. The smallest absolute Gasteiger partial charge is 0.261 e. The number of amides is 1. The molecule has 4 rings (SSSR count). The van der Waals surface area contributed by atoms with Crippen molar-refractivity contribution in [3.05, 3.63) is 54.1 Å². The van der Waals surface area contributed by atoms with E-state index in [0.29, 0.717) is 22.5 Å². The Morgan fingerprint density at radius 3 is 2.88 bits per heavy atom. The van der Waals surface area contributed by atoms with E-state index in [4.69, 9.17) is 0 Å². The molecule has 1 amide bonds. The molecule has 26 heavy (non-hydrogen) atoms. The number of nitrogens with one attached hydrogen (secondary N) is 1. The van der Waals surface area contributed by atoms with E-state index in [0.717, 1.165) is 10.9 Å². The second kappa shape index (κ2) is 5.63. The highest BCUT2D eigenvalue weighted by Gasteiger charge is 2.24. The number of rotatable bonds is 3. The topological polar surface area (TPSA) is 97.3 Å². The Hall–Kier alpha value is -3.26. The Bertz CT molecular complexity index is 1140. The highest BCUT2D eigenvalue weighted by Crippen LogP contribution is 2.32. The quantitative estimate of drug-likeness (QED) is 0.590. The lowest BCUT2D eigenvalue weighted by Crippen LogP contribution is -2.21. The lowest BCUT2D eigenvalue weighted by Gasteiger charge is -2.22. The van der Waals surface area contributed by atoms with Crippen LogP contribution in [0.1, 0.15) is 29.8 Å². The van der Waals surface area contributed by atoms with Gasteiger partial charge in [0.1, 0.15) is 5.56 Å². The molecular weight excluding hydrogens is 332 g/mol. The summed E-state index contributed by atoms with van der Waals surface area (Å²) in [4.78, 5) is 17.0. The van der Waals surface area contributed by atoms with Crippen LogP contribution in [0.3, 0.4) is 0 Å². The number of anilines is 1. The number of aliphatic hydroxyl groups is 1. The third-order valence-electron chi connectivity index (χ3n) is 4.19. The first-order valence-electron chi connectivity index (χ1n) is 8.13. The van der Waals surface area contributed by atoms with Crippen molar-refractivity contribution in [1.29, 1.82) is 0 Å². The van der Waals surface area contributed by atoms with E-state index in [1.807, 2.05) is 19.3 Å². The zero-order chi connectivity index (χ0) is 18.5. The number of carbonyl (C=O) groups is 1. The van der Waals surface area contributed by atoms with Gasteiger partial charge in [-0.1, -0.05) is 0 Å². The van der Waals surface area contributed by atoms with E-state index in [9.17, 15) is 9.90 Å². The molecule has 4 aromatic rings. The number of carbonyl (C=O) groups excluding carboxylic acids is 1. The summed E-state index contributed by atoms with van der Waals surface area (Å²) in [5.41, 5.74) is 1.55. The Morgan fingerprint density at radius 1 is 1.31 bits per heavy atom. The van der Waals surface area contributed by atoms with E-state index < -0.39 is 5.60 Å². The van der Waals surface area contributed by atoms with E-state index >= 15 is 0 Å². The van der Waals surface area contributed by atoms with Crippen molar-refractivity contribution in [2.45, 2.75) is 19.4 Å². The lowest BCUT2D eigenvalue weighted by molar-refractivity contribution is 0.0794. The highest BCUT2D eigenvalue weighted by atomic mass is 16.3. The Morgan fingerprint density at radius 2 is 2.12 bits per heavy atom. The fraction of sp³-hybridized carbons (Fsp3) is 0.222. The average Bonchev–Trinajstić information content (AvgIpc) is 3.15. The van der Waals surface area contributed by atoms with Crippen molar-refractivity contribution in [2.24, 2.45) is 7.05 Å². The Kier molecular flexibility index (Phi) is 3.52. The van der Waals surface area contributed by atoms with Gasteiger partial charge in [0.25, 0.3) is 5.91 Å². The summed E-state index contributed by atoms with van der Waals surface area (Å²) in [7, 11) is 1.83. The van der Waals surface area contributed by atoms with Crippen molar-refractivity contribution in [1.82, 2.24) is 24.4 Å². The van der Waals surface area contributed by atoms with Gasteiger partial charge in [-0.3, -0.25) is 9.48 Å². The standard InChI is InChI=1S/C18H18N6O2/c1-18(2,26)13-8-14-11(10-23(3)22-14)7-15(13)21-17(25)12-9-20-24-6-4-5-19-16(12)24/h4-10,26H,1-3H3,(H,21,25). The minimum absolute atomic E-state index is 0.340. The fourth-order valence-corrected chi connectivity index (χ4v) is 2.98. The summed E-state index contributed by atoms with van der Waals surface area (Å²) in [6.45, 7) is 3.34. The number of nitrogens with zero attached hydrogens (tertiary/aromatic N) is 5. The zero-order valence-electron chi connectivity index (χ0n) is 14.6. The lowest BCUT2D eigenvalue weighted by atomic mass is 9.95. The summed E-state index contributed by atoms with van der Waals surface area (Å²) < 4.78 is 3.23. The van der Waals surface area contributed by atoms with Crippen LogP contribution in [0.5, 0.6) is 0 Å². The number of aryl methyl sites for hydroxylation is 1. The number of aromatic nitrogens is 5. The van der Waals surface area contributed by atoms with Crippen molar-refractivity contribution in [3.8, 4) is 0 Å². The zero-order valence-corrected chi connectivity index (χ0v) is 14.6. The SMILES string of the molecule is Cn1cc2cc(NC(=O)c3cnn4cccnc34)c(C(C)(C)O)cc2n1. The molecule has 2 N–H and O–H groups in total. The minimum Gasteiger partial charge on any atom is -0.386 e. The molecule has 0 aliphatic rings. The summed E-state index contributed by atoms with van der Waals surface area (Å²) in [6, 6.07) is 5.34. The monoisotopic (exact) mass is 350 g/mol. The Balaban J connectivity index is 1.79. The summed E-state index contributed by atoms with van der Waals surface area (Å²) in [5.74, 6) is -0.340. The van der Waals surface area contributed by atoms with E-state index in [1.165, 1.54) is 10.7 Å². The van der Waals surface area contributed by atoms with Crippen molar-refractivity contribution >= 4 is 28.1 Å². The van der Waals surface area contributed by atoms with Crippen molar-refractivity contribution < 1.29 is 9.90 Å². The maximum Gasteiger partial charge on any atom is 0.261 e. The molecule has 8 heteroatoms. The minimum atomic E-state index is -1.15. The van der Waals surface area contributed by atoms with Crippen LogP contribution < -0.4 is 5.32 Å². The molecule has 0 aliphatic carbocycles. The largest absolute Gasteiger partial charge is 0.386 e. The van der Waals surface area contributed by atoms with Crippen LogP contribution in [0.2, 0.25) is 0 Å². The molecular formula is C18H18N6O2. The van der Waals surface area contributed by atoms with Crippen LogP contribution in [0.25, 0.3) is 16.6 Å². The molecule has 0 bridgehead atoms. The van der Waals surface area contributed by atoms with Gasteiger partial charge in [-0.15, -0.1) is 0 Å². The van der Waals surface area contributed by atoms with Gasteiger partial charge in [0.05, 0.1) is 17.3 Å². The van der Waals surface area contributed by atoms with Crippen molar-refractivity contribution in [3.63, 3.8) is 0 Å². The first kappa shape index (κ1) is 16.2. The summed E-state index contributed by atoms with van der Waals surface area (Å²) in [6.07, 6.45) is 6.67. The first-order valence-corrected chi connectivity index (χ1v) is 8.13. The van der Waals surface area contributed by atoms with Crippen LogP contribution >= 0.6 is 0 Å². The molecule has 8 nitrogen and oxygen atoms in total. The molecule has 132 valence electrons. The molecule has 3 aromatic heterocycles. The van der Waals surface area contributed by atoms with Gasteiger partial charge in [0, 0.05) is 42.3 Å². The number of benzene rings is 1. The second-order valence-electron chi connectivity index (χ2n) is 6.72. The summed E-state index contributed by atoms with van der Waals surface area (Å²) in [5, 5.41) is 22.8. The number of fused-ring (bicyclic) bond motifs is 2. The molecule has 0 fully saturated rings. The highest BCUT2D eigenvalue weighted by molar-refractivity contribution is 6.09. The van der Waals surface area contributed by atoms with Gasteiger partial charge >= 0.3 is 0 Å². The molecule has 0 saturated carbocycles. The fourth-order valence-electron chi connectivity index (χ4n) is 2.98. The van der Waals surface area contributed by atoms with Gasteiger partial charge in [0.2, 0.25) is 0 Å². The molecule has 0 atom stereocenters. The van der Waals surface area contributed by atoms with Crippen LogP contribution in [0.15, 0.2) is 43.0 Å². The summed E-state index contributed by atoms with van der Waals surface area (Å²) >= 11 is 0. The third-order valence-corrected chi connectivity index (χ3v) is 4.19. The van der Waals surface area contributed by atoms with E-state index in [2.05, 4.69) is 20.5 Å². The third kappa shape index (κ3) is 2.70. The second-order valence-corrected chi connectivity index (χ2v) is 6.72. The van der Waals surface area contributed by atoms with Gasteiger partial charge < -0.3 is 10.4 Å². The van der Waals surface area contributed by atoms with Crippen molar-refractivity contribution in [2.75, 3.05) is 5.32 Å². The molecule has 0 saturated heterocycles. The Labute approximate surface area is 149 Å². The predicted octanol–water partition coefficient (Wildman–Crippen LogP) is 2.10. The van der Waals surface area contributed by atoms with E-state index in [1.54, 1.807) is 43.1 Å². The molecule has 0 aliphatic heterocycles. The predicted molar refractivity (Wildman–Crippen MR) is 96.9 cm³/mol. The van der Waals surface area contributed by atoms with Crippen LogP contribution in [-0.4, -0.2) is 35.4 Å². The molecule has 1 aromatic carbocycles. The van der Waals surface area contributed by atoms with Gasteiger partial charge in [-0.25, -0.2) is 9.50 Å². The van der Waals surface area contributed by atoms with Crippen LogP contribution in [0, 0.1) is 0 Å². The van der Waals surface area contributed by atoms with Crippen LogP contribution in [-0.2, 0) is 12.6 Å². The van der Waals surface area contributed by atoms with E-state index in [-0.39, 0.29) is 5.91 Å². The normalized spacial score (nSPS) is 12.0. The first-order chi connectivity index (χ1) is 12.3. The maximum atomic E-state index is 12.8.